The third kappa shape index (κ3) is 2.09. The van der Waals surface area contributed by atoms with E-state index in [0.29, 0.717) is 15.6 Å². The zero-order valence-electron chi connectivity index (χ0n) is 8.61. The molecule has 1 N–H and O–H groups in total. The van der Waals surface area contributed by atoms with Crippen molar-refractivity contribution in [2.75, 3.05) is 13.6 Å². The molecule has 0 bridgehead atoms. The van der Waals surface area contributed by atoms with Crippen LogP contribution in [0.1, 0.15) is 5.56 Å². The standard InChI is InChI=1S/C11H10BrCl2NO/c1-15-3-2-6-5-16-11-8(13)4-7(12)10(14)9(6)11/h4-5,15H,2-3H2,1H3. The molecule has 0 aliphatic carbocycles. The maximum Gasteiger partial charge on any atom is 0.154 e. The Morgan fingerprint density at radius 2 is 2.19 bits per heavy atom. The minimum absolute atomic E-state index is 0.571. The molecule has 0 amide bonds. The Morgan fingerprint density at radius 1 is 1.44 bits per heavy atom. The number of furan rings is 1. The van der Waals surface area contributed by atoms with Crippen LogP contribution in [0.25, 0.3) is 11.0 Å². The Hall–Kier alpha value is -0.220. The lowest BCUT2D eigenvalue weighted by Gasteiger charge is -2.02. The summed E-state index contributed by atoms with van der Waals surface area (Å²) in [4.78, 5) is 0. The lowest BCUT2D eigenvalue weighted by molar-refractivity contribution is 0.609. The summed E-state index contributed by atoms with van der Waals surface area (Å²) in [5.74, 6) is 0. The van der Waals surface area contributed by atoms with Gasteiger partial charge in [-0.1, -0.05) is 23.2 Å². The molecule has 16 heavy (non-hydrogen) atoms. The fourth-order valence-corrected chi connectivity index (χ4v) is 2.68. The van der Waals surface area contributed by atoms with Crippen LogP contribution in [0.5, 0.6) is 0 Å². The van der Waals surface area contributed by atoms with Crippen molar-refractivity contribution in [3.05, 3.63) is 32.4 Å². The van der Waals surface area contributed by atoms with Crippen LogP contribution in [0.2, 0.25) is 10.0 Å². The maximum absolute atomic E-state index is 6.24. The minimum atomic E-state index is 0.571. The molecule has 86 valence electrons. The van der Waals surface area contributed by atoms with E-state index < -0.39 is 0 Å². The zero-order valence-corrected chi connectivity index (χ0v) is 11.7. The van der Waals surface area contributed by atoms with Gasteiger partial charge in [0.2, 0.25) is 0 Å². The summed E-state index contributed by atoms with van der Waals surface area (Å²) in [6, 6.07) is 1.75. The monoisotopic (exact) mass is 321 g/mol. The van der Waals surface area contributed by atoms with Crippen molar-refractivity contribution in [3.8, 4) is 0 Å². The van der Waals surface area contributed by atoms with Crippen molar-refractivity contribution in [2.45, 2.75) is 6.42 Å². The summed E-state index contributed by atoms with van der Waals surface area (Å²) in [7, 11) is 1.91. The molecule has 0 radical (unpaired) electrons. The second kappa shape index (κ2) is 4.96. The molecule has 2 aromatic rings. The number of benzene rings is 1. The van der Waals surface area contributed by atoms with Gasteiger partial charge in [-0.3, -0.25) is 0 Å². The minimum Gasteiger partial charge on any atom is -0.462 e. The van der Waals surface area contributed by atoms with Gasteiger partial charge in [0.15, 0.2) is 5.58 Å². The van der Waals surface area contributed by atoms with Crippen LogP contribution in [-0.2, 0) is 6.42 Å². The van der Waals surface area contributed by atoms with Gasteiger partial charge in [0.25, 0.3) is 0 Å². The highest BCUT2D eigenvalue weighted by atomic mass is 79.9. The molecule has 5 heteroatoms. The first-order valence-corrected chi connectivity index (χ1v) is 6.38. The predicted molar refractivity (Wildman–Crippen MR) is 71.6 cm³/mol. The summed E-state index contributed by atoms with van der Waals surface area (Å²) in [5.41, 5.74) is 1.72. The summed E-state index contributed by atoms with van der Waals surface area (Å²) < 4.78 is 6.24. The molecule has 1 aromatic heterocycles. The summed E-state index contributed by atoms with van der Waals surface area (Å²) in [5, 5.41) is 5.21. The second-order valence-electron chi connectivity index (χ2n) is 3.47. The van der Waals surface area contributed by atoms with Crippen molar-refractivity contribution in [1.82, 2.24) is 5.32 Å². The molecule has 0 saturated carbocycles. The van der Waals surface area contributed by atoms with Gasteiger partial charge < -0.3 is 9.73 Å². The van der Waals surface area contributed by atoms with Crippen molar-refractivity contribution in [1.29, 1.82) is 0 Å². The molecule has 0 atom stereocenters. The molecule has 0 fully saturated rings. The number of fused-ring (bicyclic) bond motifs is 1. The third-order valence-electron chi connectivity index (χ3n) is 2.41. The van der Waals surface area contributed by atoms with Crippen LogP contribution >= 0.6 is 39.1 Å². The van der Waals surface area contributed by atoms with Gasteiger partial charge in [0, 0.05) is 15.4 Å². The van der Waals surface area contributed by atoms with Crippen LogP contribution in [0.4, 0.5) is 0 Å². The lowest BCUT2D eigenvalue weighted by atomic mass is 10.1. The van der Waals surface area contributed by atoms with Crippen LogP contribution in [0.3, 0.4) is 0 Å². The van der Waals surface area contributed by atoms with Crippen molar-refractivity contribution < 1.29 is 4.42 Å². The predicted octanol–water partition coefficient (Wildman–Crippen LogP) is 4.26. The molecule has 0 unspecified atom stereocenters. The van der Waals surface area contributed by atoms with Gasteiger partial charge in [-0.05, 0) is 42.0 Å². The Labute approximate surface area is 112 Å². The van der Waals surface area contributed by atoms with Crippen molar-refractivity contribution >= 4 is 50.1 Å². The molecule has 2 rings (SSSR count). The van der Waals surface area contributed by atoms with E-state index >= 15 is 0 Å². The molecular formula is C11H10BrCl2NO. The highest BCUT2D eigenvalue weighted by molar-refractivity contribution is 9.10. The van der Waals surface area contributed by atoms with Crippen LogP contribution in [-0.4, -0.2) is 13.6 Å². The van der Waals surface area contributed by atoms with Crippen LogP contribution in [0.15, 0.2) is 21.2 Å². The van der Waals surface area contributed by atoms with Crippen LogP contribution in [0, 0.1) is 0 Å². The van der Waals surface area contributed by atoms with Gasteiger partial charge in [-0.2, -0.15) is 0 Å². The number of hydrogen-bond acceptors (Lipinski definition) is 2. The molecule has 0 saturated heterocycles. The summed E-state index contributed by atoms with van der Waals surface area (Å²) in [6.45, 7) is 0.870. The normalized spacial score (nSPS) is 11.2. The molecule has 0 aliphatic rings. The Balaban J connectivity index is 2.60. The molecule has 1 heterocycles. The number of nitrogens with one attached hydrogen (secondary N) is 1. The van der Waals surface area contributed by atoms with E-state index in [2.05, 4.69) is 21.2 Å². The van der Waals surface area contributed by atoms with Gasteiger partial charge in [0.05, 0.1) is 16.3 Å². The van der Waals surface area contributed by atoms with Gasteiger partial charge in [0.1, 0.15) is 0 Å². The molecule has 0 aliphatic heterocycles. The largest absolute Gasteiger partial charge is 0.462 e. The summed E-state index contributed by atoms with van der Waals surface area (Å²) >= 11 is 15.7. The van der Waals surface area contributed by atoms with Gasteiger partial charge >= 0.3 is 0 Å². The van der Waals surface area contributed by atoms with E-state index in [4.69, 9.17) is 27.6 Å². The van der Waals surface area contributed by atoms with E-state index in [9.17, 15) is 0 Å². The third-order valence-corrected chi connectivity index (χ3v) is 3.94. The van der Waals surface area contributed by atoms with E-state index in [1.165, 1.54) is 0 Å². The average Bonchev–Trinajstić information content (AvgIpc) is 2.67. The fraction of sp³-hybridized carbons (Fsp3) is 0.273. The van der Waals surface area contributed by atoms with Crippen molar-refractivity contribution in [2.24, 2.45) is 0 Å². The molecule has 1 aromatic carbocycles. The summed E-state index contributed by atoms with van der Waals surface area (Å²) in [6.07, 6.45) is 2.57. The molecular weight excluding hydrogens is 313 g/mol. The van der Waals surface area contributed by atoms with E-state index in [0.717, 1.165) is 28.4 Å². The smallest absolute Gasteiger partial charge is 0.154 e. The van der Waals surface area contributed by atoms with E-state index in [-0.39, 0.29) is 0 Å². The first-order chi connectivity index (χ1) is 7.65. The maximum atomic E-state index is 6.24. The van der Waals surface area contributed by atoms with E-state index in [1.807, 2.05) is 7.05 Å². The Bertz CT molecular complexity index is 524. The first kappa shape index (κ1) is 12.2. The van der Waals surface area contributed by atoms with Gasteiger partial charge in [-0.25, -0.2) is 0 Å². The lowest BCUT2D eigenvalue weighted by Crippen LogP contribution is -2.09. The van der Waals surface area contributed by atoms with Crippen LogP contribution < -0.4 is 5.32 Å². The highest BCUT2D eigenvalue weighted by Gasteiger charge is 2.15. The molecule has 2 nitrogen and oxygen atoms in total. The zero-order chi connectivity index (χ0) is 11.7. The molecule has 0 spiro atoms. The number of halogens is 3. The van der Waals surface area contributed by atoms with Crippen molar-refractivity contribution in [3.63, 3.8) is 0 Å². The second-order valence-corrected chi connectivity index (χ2v) is 5.11. The average molecular weight is 323 g/mol. The topological polar surface area (TPSA) is 25.2 Å². The van der Waals surface area contributed by atoms with Gasteiger partial charge in [-0.15, -0.1) is 0 Å². The number of hydrogen-bond donors (Lipinski definition) is 1. The fourth-order valence-electron chi connectivity index (χ4n) is 1.61. The SMILES string of the molecule is CNCCc1coc2c(Cl)cc(Br)c(Cl)c12. The Kier molecular flexibility index (Phi) is 3.80. The first-order valence-electron chi connectivity index (χ1n) is 4.83. The quantitative estimate of drug-likeness (QED) is 0.854. The van der Waals surface area contributed by atoms with E-state index in [1.54, 1.807) is 12.3 Å². The highest BCUT2D eigenvalue weighted by Crippen LogP contribution is 2.39. The number of rotatable bonds is 3. The Morgan fingerprint density at radius 3 is 2.88 bits per heavy atom. The number of likely N-dealkylation sites (N-methyl/N-ethyl adjacent to an activating group) is 1.